The van der Waals surface area contributed by atoms with Gasteiger partial charge in [0.05, 0.1) is 24.5 Å². The molecule has 1 aromatic rings. The van der Waals surface area contributed by atoms with Crippen molar-refractivity contribution in [2.24, 2.45) is 9.98 Å². The van der Waals surface area contributed by atoms with Gasteiger partial charge in [-0.2, -0.15) is 0 Å². The zero-order valence-electron chi connectivity index (χ0n) is 10.5. The quantitative estimate of drug-likeness (QED) is 0.300. The van der Waals surface area contributed by atoms with Crippen molar-refractivity contribution in [3.8, 4) is 5.75 Å². The van der Waals surface area contributed by atoms with Crippen LogP contribution in [0.4, 0.5) is 5.69 Å². The molecule has 1 aromatic carbocycles. The summed E-state index contributed by atoms with van der Waals surface area (Å²) < 4.78 is 9.29. The SMILES string of the molecule is COC(=O)C1N=c2c([N+](=O)[O-])c(OC)ccc2=NC1=O. The number of esters is 1. The number of carbonyl (C=O) groups excluding carboxylic acids is 2. The maximum absolute atomic E-state index is 11.6. The van der Waals surface area contributed by atoms with Crippen LogP contribution >= 0.6 is 0 Å². The number of nitro benzene ring substituents is 1. The molecule has 0 saturated heterocycles. The van der Waals surface area contributed by atoms with Crippen LogP contribution < -0.4 is 15.5 Å². The largest absolute Gasteiger partial charge is 0.490 e. The fourth-order valence-electron chi connectivity index (χ4n) is 1.74. The molecule has 9 nitrogen and oxygen atoms in total. The number of benzene rings is 1. The highest BCUT2D eigenvalue weighted by Gasteiger charge is 2.32. The standard InChI is InChI=1S/C11H9N3O6/c1-19-6-4-3-5-7(9(6)14(17)18)13-8(10(15)12-5)11(16)20-2/h3-4,8H,1-2H3. The van der Waals surface area contributed by atoms with Crippen molar-refractivity contribution >= 4 is 17.6 Å². The van der Waals surface area contributed by atoms with Gasteiger partial charge in [0.15, 0.2) is 11.1 Å². The lowest BCUT2D eigenvalue weighted by Gasteiger charge is -2.10. The van der Waals surface area contributed by atoms with Crippen LogP contribution in [0.3, 0.4) is 0 Å². The Hall–Kier alpha value is -2.84. The highest BCUT2D eigenvalue weighted by molar-refractivity contribution is 6.03. The third kappa shape index (κ3) is 2.09. The van der Waals surface area contributed by atoms with E-state index >= 15 is 0 Å². The fraction of sp³-hybridized carbons (Fsp3) is 0.273. The van der Waals surface area contributed by atoms with E-state index in [2.05, 4.69) is 14.7 Å². The van der Waals surface area contributed by atoms with Crippen LogP contribution in [-0.2, 0) is 14.3 Å². The molecule has 0 aromatic heterocycles. The Morgan fingerprint density at radius 3 is 2.65 bits per heavy atom. The second kappa shape index (κ2) is 5.03. The molecule has 2 rings (SSSR count). The molecule has 0 aliphatic carbocycles. The first-order chi connectivity index (χ1) is 9.49. The molecule has 0 radical (unpaired) electrons. The molecule has 104 valence electrons. The average molecular weight is 279 g/mol. The molecule has 9 heteroatoms. The Bertz CT molecular complexity index is 726. The topological polar surface area (TPSA) is 120 Å². The molecule has 0 fully saturated rings. The van der Waals surface area contributed by atoms with Crippen LogP contribution in [-0.4, -0.2) is 37.1 Å². The number of nitrogens with zero attached hydrogens (tertiary/aromatic N) is 3. The number of nitro groups is 1. The van der Waals surface area contributed by atoms with Crippen molar-refractivity contribution in [1.82, 2.24) is 0 Å². The first kappa shape index (κ1) is 13.6. The summed E-state index contributed by atoms with van der Waals surface area (Å²) in [6, 6.07) is 1.14. The van der Waals surface area contributed by atoms with Crippen LogP contribution in [0.1, 0.15) is 0 Å². The van der Waals surface area contributed by atoms with Crippen molar-refractivity contribution in [2.75, 3.05) is 14.2 Å². The minimum Gasteiger partial charge on any atom is -0.490 e. The van der Waals surface area contributed by atoms with Gasteiger partial charge >= 0.3 is 11.7 Å². The van der Waals surface area contributed by atoms with E-state index < -0.39 is 28.5 Å². The van der Waals surface area contributed by atoms with E-state index in [1.54, 1.807) is 0 Å². The van der Waals surface area contributed by atoms with Crippen LogP contribution in [0.25, 0.3) is 0 Å². The zero-order valence-corrected chi connectivity index (χ0v) is 10.5. The predicted octanol–water partition coefficient (Wildman–Crippen LogP) is -1.08. The lowest BCUT2D eigenvalue weighted by atomic mass is 10.2. The molecule has 1 unspecified atom stereocenters. The lowest BCUT2D eigenvalue weighted by Crippen LogP contribution is -2.41. The molecule has 0 saturated carbocycles. The highest BCUT2D eigenvalue weighted by Crippen LogP contribution is 2.20. The second-order valence-electron chi connectivity index (χ2n) is 3.75. The predicted molar refractivity (Wildman–Crippen MR) is 62.8 cm³/mol. The Labute approximate surface area is 111 Å². The van der Waals surface area contributed by atoms with E-state index in [0.717, 1.165) is 7.11 Å². The van der Waals surface area contributed by atoms with Gasteiger partial charge in [-0.1, -0.05) is 0 Å². The summed E-state index contributed by atoms with van der Waals surface area (Å²) in [5.74, 6) is -1.80. The van der Waals surface area contributed by atoms with Gasteiger partial charge in [0.2, 0.25) is 6.04 Å². The number of fused-ring (bicyclic) bond motifs is 1. The van der Waals surface area contributed by atoms with Gasteiger partial charge in [0.1, 0.15) is 0 Å². The van der Waals surface area contributed by atoms with Crippen LogP contribution in [0.2, 0.25) is 0 Å². The maximum Gasteiger partial charge on any atom is 0.340 e. The van der Waals surface area contributed by atoms with Crippen LogP contribution in [0.15, 0.2) is 22.1 Å². The molecule has 0 bridgehead atoms. The monoisotopic (exact) mass is 279 g/mol. The van der Waals surface area contributed by atoms with Gasteiger partial charge in [-0.15, -0.1) is 0 Å². The molecule has 1 aliphatic rings. The molecule has 0 N–H and O–H groups in total. The lowest BCUT2D eigenvalue weighted by molar-refractivity contribution is -0.387. The number of ether oxygens (including phenoxy) is 2. The van der Waals surface area contributed by atoms with Crippen molar-refractivity contribution in [3.63, 3.8) is 0 Å². The van der Waals surface area contributed by atoms with Gasteiger partial charge in [0, 0.05) is 0 Å². The fourth-order valence-corrected chi connectivity index (χ4v) is 1.74. The molecular formula is C11H9N3O6. The summed E-state index contributed by atoms with van der Waals surface area (Å²) in [5, 5.41) is 10.9. The summed E-state index contributed by atoms with van der Waals surface area (Å²) in [7, 11) is 2.35. The van der Waals surface area contributed by atoms with Crippen LogP contribution in [0, 0.1) is 10.1 Å². The van der Waals surface area contributed by atoms with Crippen molar-refractivity contribution in [2.45, 2.75) is 6.04 Å². The maximum atomic E-state index is 11.6. The number of methoxy groups -OCH3 is 2. The first-order valence-electron chi connectivity index (χ1n) is 5.39. The average Bonchev–Trinajstić information content (AvgIpc) is 2.44. The van der Waals surface area contributed by atoms with E-state index in [4.69, 9.17) is 4.74 Å². The molecule has 1 atom stereocenters. The molecule has 1 amide bonds. The molecule has 1 aliphatic heterocycles. The Kier molecular flexibility index (Phi) is 3.42. The smallest absolute Gasteiger partial charge is 0.340 e. The van der Waals surface area contributed by atoms with E-state index in [-0.39, 0.29) is 16.5 Å². The third-order valence-corrected chi connectivity index (χ3v) is 2.64. The van der Waals surface area contributed by atoms with Crippen molar-refractivity contribution in [1.29, 1.82) is 0 Å². The third-order valence-electron chi connectivity index (χ3n) is 2.64. The Balaban J connectivity index is 2.79. The second-order valence-corrected chi connectivity index (χ2v) is 3.75. The summed E-state index contributed by atoms with van der Waals surface area (Å²) in [6.07, 6.45) is 0. The zero-order chi connectivity index (χ0) is 14.9. The van der Waals surface area contributed by atoms with Gasteiger partial charge in [-0.05, 0) is 12.1 Å². The number of hydrogen-bond acceptors (Lipinski definition) is 7. The van der Waals surface area contributed by atoms with Gasteiger partial charge < -0.3 is 9.47 Å². The molecular weight excluding hydrogens is 270 g/mol. The van der Waals surface area contributed by atoms with E-state index in [1.165, 1.54) is 19.2 Å². The van der Waals surface area contributed by atoms with Gasteiger partial charge in [-0.3, -0.25) is 19.9 Å². The Morgan fingerprint density at radius 1 is 1.40 bits per heavy atom. The minimum atomic E-state index is -1.53. The van der Waals surface area contributed by atoms with Crippen molar-refractivity contribution < 1.29 is 24.0 Å². The normalized spacial score (nSPS) is 16.5. The van der Waals surface area contributed by atoms with Gasteiger partial charge in [-0.25, -0.2) is 9.79 Å². The van der Waals surface area contributed by atoms with Crippen molar-refractivity contribution in [3.05, 3.63) is 33.0 Å². The van der Waals surface area contributed by atoms with Crippen LogP contribution in [0.5, 0.6) is 5.75 Å². The number of amides is 1. The van der Waals surface area contributed by atoms with E-state index in [1.807, 2.05) is 0 Å². The number of carbonyl (C=O) groups is 2. The Morgan fingerprint density at radius 2 is 2.10 bits per heavy atom. The van der Waals surface area contributed by atoms with E-state index in [0.29, 0.717) is 0 Å². The first-order valence-corrected chi connectivity index (χ1v) is 5.39. The molecule has 1 heterocycles. The molecule has 20 heavy (non-hydrogen) atoms. The minimum absolute atomic E-state index is 0.0163. The highest BCUT2D eigenvalue weighted by atomic mass is 16.6. The summed E-state index contributed by atoms with van der Waals surface area (Å²) in [6.45, 7) is 0. The van der Waals surface area contributed by atoms with Gasteiger partial charge in [0.25, 0.3) is 5.91 Å². The molecule has 0 spiro atoms. The summed E-state index contributed by atoms with van der Waals surface area (Å²) >= 11 is 0. The summed E-state index contributed by atoms with van der Waals surface area (Å²) in [5.41, 5.74) is -0.449. The number of hydrogen-bond donors (Lipinski definition) is 0. The number of rotatable bonds is 3. The van der Waals surface area contributed by atoms with E-state index in [9.17, 15) is 19.7 Å². The summed E-state index contributed by atoms with van der Waals surface area (Å²) in [4.78, 5) is 40.9.